The number of carbonyl (C=O) groups excluding carboxylic acids is 1. The summed E-state index contributed by atoms with van der Waals surface area (Å²) in [6, 6.07) is 6.37. The van der Waals surface area contributed by atoms with E-state index in [0.717, 1.165) is 6.54 Å². The van der Waals surface area contributed by atoms with Gasteiger partial charge in [-0.15, -0.1) is 0 Å². The van der Waals surface area contributed by atoms with Crippen molar-refractivity contribution in [3.05, 3.63) is 39.9 Å². The Morgan fingerprint density at radius 2 is 2.30 bits per heavy atom. The molecule has 0 aromatic heterocycles. The number of morpholine rings is 1. The first-order chi connectivity index (χ1) is 9.66. The van der Waals surface area contributed by atoms with Gasteiger partial charge in [0.1, 0.15) is 0 Å². The van der Waals surface area contributed by atoms with Crippen LogP contribution in [0, 0.1) is 10.1 Å². The zero-order valence-corrected chi connectivity index (χ0v) is 11.0. The van der Waals surface area contributed by atoms with Crippen LogP contribution in [0.5, 0.6) is 0 Å². The largest absolute Gasteiger partial charge is 0.378 e. The van der Waals surface area contributed by atoms with Crippen LogP contribution >= 0.6 is 0 Å². The highest BCUT2D eigenvalue weighted by Gasteiger charge is 2.17. The Bertz CT molecular complexity index is 486. The van der Waals surface area contributed by atoms with Gasteiger partial charge in [-0.25, -0.2) is 0 Å². The van der Waals surface area contributed by atoms with E-state index < -0.39 is 4.92 Å². The van der Waals surface area contributed by atoms with Gasteiger partial charge in [-0.05, 0) is 0 Å². The van der Waals surface area contributed by atoms with Gasteiger partial charge in [0.15, 0.2) is 0 Å². The third kappa shape index (κ3) is 4.01. The summed E-state index contributed by atoms with van der Waals surface area (Å²) in [6.07, 6.45) is 0.00469. The highest BCUT2D eigenvalue weighted by Crippen LogP contribution is 2.17. The highest BCUT2D eigenvalue weighted by molar-refractivity contribution is 5.79. The predicted octanol–water partition coefficient (Wildman–Crippen LogP) is 0.242. The molecule has 1 aliphatic heterocycles. The number of benzene rings is 1. The molecule has 1 aliphatic rings. The summed E-state index contributed by atoms with van der Waals surface area (Å²) in [5.74, 6) is -0.230. The Kier molecular flexibility index (Phi) is 5.03. The van der Waals surface area contributed by atoms with Gasteiger partial charge >= 0.3 is 0 Å². The number of hydrogen-bond acceptors (Lipinski definition) is 5. The monoisotopic (exact) mass is 279 g/mol. The van der Waals surface area contributed by atoms with Crippen molar-refractivity contribution >= 4 is 11.6 Å². The van der Waals surface area contributed by atoms with Gasteiger partial charge in [0.25, 0.3) is 5.69 Å². The molecule has 2 rings (SSSR count). The number of carbonyl (C=O) groups is 1. The molecule has 0 bridgehead atoms. The number of amides is 1. The van der Waals surface area contributed by atoms with Crippen LogP contribution in [-0.4, -0.2) is 43.2 Å². The molecule has 2 N–H and O–H groups in total. The lowest BCUT2D eigenvalue weighted by molar-refractivity contribution is -0.385. The molecule has 0 spiro atoms. The Labute approximate surface area is 116 Å². The Balaban J connectivity index is 1.86. The maximum absolute atomic E-state index is 11.8. The number of hydrogen-bond donors (Lipinski definition) is 2. The number of nitro benzene ring substituents is 1. The SMILES string of the molecule is O=C(Cc1ccccc1[N+](=O)[O-])NCC1COCCN1. The van der Waals surface area contributed by atoms with Crippen molar-refractivity contribution in [2.75, 3.05) is 26.3 Å². The van der Waals surface area contributed by atoms with Gasteiger partial charge < -0.3 is 15.4 Å². The van der Waals surface area contributed by atoms with E-state index in [0.29, 0.717) is 25.3 Å². The van der Waals surface area contributed by atoms with Crippen LogP contribution in [0.15, 0.2) is 24.3 Å². The molecular weight excluding hydrogens is 262 g/mol. The lowest BCUT2D eigenvalue weighted by Gasteiger charge is -2.23. The fourth-order valence-corrected chi connectivity index (χ4v) is 2.06. The summed E-state index contributed by atoms with van der Waals surface area (Å²) < 4.78 is 5.28. The average Bonchev–Trinajstić information content (AvgIpc) is 2.46. The minimum atomic E-state index is -0.473. The number of rotatable bonds is 5. The summed E-state index contributed by atoms with van der Waals surface area (Å²) in [6.45, 7) is 2.47. The minimum absolute atomic E-state index is 0.00469. The van der Waals surface area contributed by atoms with Gasteiger partial charge in [-0.3, -0.25) is 14.9 Å². The van der Waals surface area contributed by atoms with Crippen molar-refractivity contribution < 1.29 is 14.5 Å². The van der Waals surface area contributed by atoms with Gasteiger partial charge in [0.05, 0.1) is 24.6 Å². The van der Waals surface area contributed by atoms with Crippen molar-refractivity contribution in [1.82, 2.24) is 10.6 Å². The molecule has 1 heterocycles. The van der Waals surface area contributed by atoms with Crippen LogP contribution in [0.2, 0.25) is 0 Å². The Hall–Kier alpha value is -1.99. The van der Waals surface area contributed by atoms with Crippen LogP contribution in [0.1, 0.15) is 5.56 Å². The molecule has 1 aromatic rings. The zero-order chi connectivity index (χ0) is 14.4. The predicted molar refractivity (Wildman–Crippen MR) is 72.4 cm³/mol. The van der Waals surface area contributed by atoms with Crippen molar-refractivity contribution in [2.45, 2.75) is 12.5 Å². The average molecular weight is 279 g/mol. The first-order valence-electron chi connectivity index (χ1n) is 6.47. The summed E-state index contributed by atoms with van der Waals surface area (Å²) in [5.41, 5.74) is 0.393. The summed E-state index contributed by atoms with van der Waals surface area (Å²) >= 11 is 0. The van der Waals surface area contributed by atoms with Crippen molar-refractivity contribution in [2.24, 2.45) is 0 Å². The number of ether oxygens (including phenoxy) is 1. The number of para-hydroxylation sites is 1. The normalized spacial score (nSPS) is 18.5. The topological polar surface area (TPSA) is 93.5 Å². The van der Waals surface area contributed by atoms with E-state index in [1.807, 2.05) is 0 Å². The molecule has 0 aliphatic carbocycles. The molecule has 20 heavy (non-hydrogen) atoms. The smallest absolute Gasteiger partial charge is 0.273 e. The Morgan fingerprint density at radius 3 is 3.00 bits per heavy atom. The van der Waals surface area contributed by atoms with E-state index in [9.17, 15) is 14.9 Å². The third-order valence-corrected chi connectivity index (χ3v) is 3.08. The molecular formula is C13H17N3O4. The first-order valence-corrected chi connectivity index (χ1v) is 6.47. The van der Waals surface area contributed by atoms with Gasteiger partial charge in [-0.1, -0.05) is 18.2 Å². The fraction of sp³-hybridized carbons (Fsp3) is 0.462. The molecule has 0 radical (unpaired) electrons. The molecule has 7 nitrogen and oxygen atoms in total. The molecule has 1 fully saturated rings. The second-order valence-electron chi connectivity index (χ2n) is 4.59. The number of nitrogens with zero attached hydrogens (tertiary/aromatic N) is 1. The van der Waals surface area contributed by atoms with E-state index in [-0.39, 0.29) is 24.1 Å². The maximum Gasteiger partial charge on any atom is 0.273 e. The first kappa shape index (κ1) is 14.4. The zero-order valence-electron chi connectivity index (χ0n) is 11.0. The maximum atomic E-state index is 11.8. The highest BCUT2D eigenvalue weighted by atomic mass is 16.6. The second-order valence-corrected chi connectivity index (χ2v) is 4.59. The van der Waals surface area contributed by atoms with Crippen molar-refractivity contribution in [3.8, 4) is 0 Å². The van der Waals surface area contributed by atoms with E-state index in [2.05, 4.69) is 10.6 Å². The summed E-state index contributed by atoms with van der Waals surface area (Å²) in [7, 11) is 0. The molecule has 1 amide bonds. The Morgan fingerprint density at radius 1 is 1.50 bits per heavy atom. The quantitative estimate of drug-likeness (QED) is 0.595. The third-order valence-electron chi connectivity index (χ3n) is 3.08. The molecule has 0 saturated carbocycles. The van der Waals surface area contributed by atoms with Crippen molar-refractivity contribution in [1.29, 1.82) is 0 Å². The van der Waals surface area contributed by atoms with E-state index in [1.54, 1.807) is 18.2 Å². The number of nitrogens with one attached hydrogen (secondary N) is 2. The number of nitro groups is 1. The van der Waals surface area contributed by atoms with Gasteiger partial charge in [0.2, 0.25) is 5.91 Å². The standard InChI is InChI=1S/C13H17N3O4/c17-13(15-8-11-9-20-6-5-14-11)7-10-3-1-2-4-12(10)16(18)19/h1-4,11,14H,5-9H2,(H,15,17). The molecule has 1 saturated heterocycles. The lowest BCUT2D eigenvalue weighted by Crippen LogP contribution is -2.48. The van der Waals surface area contributed by atoms with Gasteiger partial charge in [-0.2, -0.15) is 0 Å². The summed E-state index contributed by atoms with van der Waals surface area (Å²) in [4.78, 5) is 22.2. The second kappa shape index (κ2) is 6.97. The van der Waals surface area contributed by atoms with Crippen LogP contribution in [0.3, 0.4) is 0 Å². The van der Waals surface area contributed by atoms with E-state index in [4.69, 9.17) is 4.74 Å². The van der Waals surface area contributed by atoms with Gasteiger partial charge in [0, 0.05) is 30.8 Å². The lowest BCUT2D eigenvalue weighted by atomic mass is 10.1. The van der Waals surface area contributed by atoms with E-state index >= 15 is 0 Å². The molecule has 108 valence electrons. The summed E-state index contributed by atoms with van der Waals surface area (Å²) in [5, 5.41) is 16.8. The van der Waals surface area contributed by atoms with Crippen LogP contribution in [-0.2, 0) is 16.0 Å². The molecule has 1 aromatic carbocycles. The minimum Gasteiger partial charge on any atom is -0.378 e. The molecule has 1 atom stereocenters. The van der Waals surface area contributed by atoms with Crippen LogP contribution < -0.4 is 10.6 Å². The fourth-order valence-electron chi connectivity index (χ4n) is 2.06. The molecule has 7 heteroatoms. The molecule has 1 unspecified atom stereocenters. The van der Waals surface area contributed by atoms with E-state index in [1.165, 1.54) is 6.07 Å². The van der Waals surface area contributed by atoms with Crippen molar-refractivity contribution in [3.63, 3.8) is 0 Å². The van der Waals surface area contributed by atoms with Crippen LogP contribution in [0.25, 0.3) is 0 Å². The van der Waals surface area contributed by atoms with Crippen LogP contribution in [0.4, 0.5) is 5.69 Å².